The van der Waals surface area contributed by atoms with E-state index in [0.717, 1.165) is 12.8 Å². The molecule has 1 rings (SSSR count). The number of aliphatic carboxylic acids is 1. The molecule has 0 aromatic rings. The first-order valence-corrected chi connectivity index (χ1v) is 5.01. The lowest BCUT2D eigenvalue weighted by molar-refractivity contribution is -0.220. The molecule has 8 nitrogen and oxygen atoms in total. The van der Waals surface area contributed by atoms with E-state index in [0.29, 0.717) is 12.8 Å². The summed E-state index contributed by atoms with van der Waals surface area (Å²) in [4.78, 5) is 39.0. The summed E-state index contributed by atoms with van der Waals surface area (Å²) in [5.74, 6) is -1.84. The first kappa shape index (κ1) is 13.1. The van der Waals surface area contributed by atoms with Crippen molar-refractivity contribution in [1.82, 2.24) is 0 Å². The summed E-state index contributed by atoms with van der Waals surface area (Å²) in [6, 6.07) is 0. The Morgan fingerprint density at radius 2 is 1.65 bits per heavy atom. The van der Waals surface area contributed by atoms with Crippen LogP contribution in [0.4, 0.5) is 9.59 Å². The van der Waals surface area contributed by atoms with Crippen molar-refractivity contribution in [2.75, 3.05) is 0 Å². The van der Waals surface area contributed by atoms with E-state index in [-0.39, 0.29) is 0 Å². The van der Waals surface area contributed by atoms with E-state index >= 15 is 0 Å². The molecule has 1 aliphatic rings. The van der Waals surface area contributed by atoms with Gasteiger partial charge in [-0.25, -0.2) is 9.68 Å². The van der Waals surface area contributed by atoms with E-state index < -0.39 is 30.3 Å². The molecule has 8 heteroatoms. The molecule has 17 heavy (non-hydrogen) atoms. The Morgan fingerprint density at radius 1 is 1.00 bits per heavy atom. The minimum atomic E-state index is -1.79. The maximum Gasteiger partial charge on any atom is 0.550 e. The van der Waals surface area contributed by atoms with E-state index in [1.807, 2.05) is 0 Å². The van der Waals surface area contributed by atoms with Gasteiger partial charge in [-0.1, -0.05) is 6.42 Å². The molecule has 0 amide bonds. The second-order valence-electron chi connectivity index (χ2n) is 3.57. The molecule has 0 aromatic carbocycles. The van der Waals surface area contributed by atoms with Crippen LogP contribution in [0.1, 0.15) is 25.7 Å². The Hall–Kier alpha value is -1.99. The molecular formula is C9H12O8. The lowest BCUT2D eigenvalue weighted by Crippen LogP contribution is -2.35. The first-order chi connectivity index (χ1) is 8.00. The predicted octanol–water partition coefficient (Wildman–Crippen LogP) is 1.39. The second-order valence-corrected chi connectivity index (χ2v) is 3.57. The van der Waals surface area contributed by atoms with Crippen LogP contribution in [0.5, 0.6) is 0 Å². The Bertz CT molecular complexity index is 312. The molecular weight excluding hydrogens is 236 g/mol. The maximum absolute atomic E-state index is 11.0. The van der Waals surface area contributed by atoms with Gasteiger partial charge in [0.25, 0.3) is 0 Å². The van der Waals surface area contributed by atoms with Gasteiger partial charge in [-0.2, -0.15) is 9.68 Å². The van der Waals surface area contributed by atoms with Gasteiger partial charge in [0, 0.05) is 0 Å². The van der Waals surface area contributed by atoms with Crippen LogP contribution in [-0.2, 0) is 19.3 Å². The molecule has 2 N–H and O–H groups in total. The van der Waals surface area contributed by atoms with E-state index in [4.69, 9.17) is 10.2 Å². The molecule has 0 bridgehead atoms. The maximum atomic E-state index is 11.0. The molecule has 0 radical (unpaired) electrons. The molecule has 0 spiro atoms. The highest BCUT2D eigenvalue weighted by atomic mass is 17.3. The molecule has 0 aromatic heterocycles. The molecule has 1 saturated carbocycles. The summed E-state index contributed by atoms with van der Waals surface area (Å²) >= 11 is 0. The van der Waals surface area contributed by atoms with Crippen molar-refractivity contribution >= 4 is 18.3 Å². The van der Waals surface area contributed by atoms with Crippen LogP contribution in [0.25, 0.3) is 0 Å². The molecule has 1 aliphatic carbocycles. The summed E-state index contributed by atoms with van der Waals surface area (Å²) in [5, 5.41) is 16.9. The third-order valence-corrected chi connectivity index (χ3v) is 2.45. The van der Waals surface area contributed by atoms with E-state index in [1.54, 1.807) is 0 Å². The standard InChI is InChI=1S/C9H12O8/c10-7(11)5-3-1-2-4-6(5)15-9(14)17-16-8(12)13/h5-6H,1-4H2,(H,10,11)(H,12,13). The average Bonchev–Trinajstić information content (AvgIpc) is 2.27. The van der Waals surface area contributed by atoms with Gasteiger partial charge in [0.15, 0.2) is 0 Å². The van der Waals surface area contributed by atoms with Gasteiger partial charge in [-0.05, 0) is 19.3 Å². The summed E-state index contributed by atoms with van der Waals surface area (Å²) < 4.78 is 4.69. The largest absolute Gasteiger partial charge is 0.550 e. The fourth-order valence-electron chi connectivity index (χ4n) is 1.73. The quantitative estimate of drug-likeness (QED) is 0.427. The number of rotatable bonds is 2. The topological polar surface area (TPSA) is 119 Å². The zero-order valence-corrected chi connectivity index (χ0v) is 8.83. The zero-order valence-electron chi connectivity index (χ0n) is 8.83. The van der Waals surface area contributed by atoms with E-state index in [1.165, 1.54) is 0 Å². The lowest BCUT2D eigenvalue weighted by atomic mass is 9.86. The number of carbonyl (C=O) groups excluding carboxylic acids is 1. The van der Waals surface area contributed by atoms with Crippen molar-refractivity contribution < 1.29 is 39.1 Å². The van der Waals surface area contributed by atoms with Crippen LogP contribution in [0, 0.1) is 5.92 Å². The van der Waals surface area contributed by atoms with E-state index in [9.17, 15) is 14.4 Å². The van der Waals surface area contributed by atoms with Crippen molar-refractivity contribution in [3.8, 4) is 0 Å². The van der Waals surface area contributed by atoms with Gasteiger partial charge in [0.2, 0.25) is 0 Å². The smallest absolute Gasteiger partial charge is 0.481 e. The van der Waals surface area contributed by atoms with Gasteiger partial charge in [0.05, 0.1) is 5.92 Å². The molecule has 0 saturated heterocycles. The molecule has 2 unspecified atom stereocenters. The Balaban J connectivity index is 2.44. The number of carboxylic acid groups (broad SMARTS) is 2. The second kappa shape index (κ2) is 5.92. The number of hydrogen-bond donors (Lipinski definition) is 2. The first-order valence-electron chi connectivity index (χ1n) is 5.01. The highest BCUT2D eigenvalue weighted by molar-refractivity contribution is 5.71. The SMILES string of the molecule is O=C(O)OOC(=O)OC1CCCCC1C(=O)O. The van der Waals surface area contributed by atoms with Crippen LogP contribution in [0.3, 0.4) is 0 Å². The van der Waals surface area contributed by atoms with Crippen molar-refractivity contribution in [3.63, 3.8) is 0 Å². The van der Waals surface area contributed by atoms with Crippen LogP contribution in [0.15, 0.2) is 0 Å². The average molecular weight is 248 g/mol. The van der Waals surface area contributed by atoms with Crippen molar-refractivity contribution in [3.05, 3.63) is 0 Å². The molecule has 1 fully saturated rings. The van der Waals surface area contributed by atoms with Crippen LogP contribution < -0.4 is 0 Å². The van der Waals surface area contributed by atoms with Gasteiger partial charge >= 0.3 is 18.3 Å². The van der Waals surface area contributed by atoms with Gasteiger partial charge < -0.3 is 14.9 Å². The Labute approximate surface area is 96.0 Å². The summed E-state index contributed by atoms with van der Waals surface area (Å²) in [5.41, 5.74) is 0. The summed E-state index contributed by atoms with van der Waals surface area (Å²) in [7, 11) is 0. The minimum absolute atomic E-state index is 0.402. The third-order valence-electron chi connectivity index (χ3n) is 2.45. The monoisotopic (exact) mass is 248 g/mol. The molecule has 2 atom stereocenters. The Kier molecular flexibility index (Phi) is 4.56. The molecule has 96 valence electrons. The van der Waals surface area contributed by atoms with Crippen molar-refractivity contribution in [2.45, 2.75) is 31.8 Å². The van der Waals surface area contributed by atoms with Gasteiger partial charge in [-0.15, -0.1) is 0 Å². The van der Waals surface area contributed by atoms with Crippen LogP contribution >= 0.6 is 0 Å². The number of carbonyl (C=O) groups is 3. The number of ether oxygens (including phenoxy) is 1. The highest BCUT2D eigenvalue weighted by Crippen LogP contribution is 2.27. The van der Waals surface area contributed by atoms with Crippen molar-refractivity contribution in [2.24, 2.45) is 5.92 Å². The lowest BCUT2D eigenvalue weighted by Gasteiger charge is -2.27. The normalized spacial score (nSPS) is 23.5. The minimum Gasteiger partial charge on any atom is -0.481 e. The van der Waals surface area contributed by atoms with E-state index in [2.05, 4.69) is 14.5 Å². The number of hydrogen-bond acceptors (Lipinski definition) is 6. The molecule has 0 aliphatic heterocycles. The highest BCUT2D eigenvalue weighted by Gasteiger charge is 2.34. The van der Waals surface area contributed by atoms with Gasteiger partial charge in [0.1, 0.15) is 6.10 Å². The summed E-state index contributed by atoms with van der Waals surface area (Å²) in [6.45, 7) is 0. The molecule has 0 heterocycles. The predicted molar refractivity (Wildman–Crippen MR) is 50.1 cm³/mol. The third kappa shape index (κ3) is 4.17. The van der Waals surface area contributed by atoms with Crippen LogP contribution in [-0.4, -0.2) is 34.6 Å². The fourth-order valence-corrected chi connectivity index (χ4v) is 1.73. The van der Waals surface area contributed by atoms with Crippen molar-refractivity contribution in [1.29, 1.82) is 0 Å². The summed E-state index contributed by atoms with van der Waals surface area (Å²) in [6.07, 6.45) is -1.66. The zero-order chi connectivity index (χ0) is 12.8. The van der Waals surface area contributed by atoms with Crippen LogP contribution in [0.2, 0.25) is 0 Å². The fraction of sp³-hybridized carbons (Fsp3) is 0.667. The van der Waals surface area contributed by atoms with Gasteiger partial charge in [-0.3, -0.25) is 4.79 Å². The number of carboxylic acids is 1. The Morgan fingerprint density at radius 3 is 2.24 bits per heavy atom.